The lowest BCUT2D eigenvalue weighted by molar-refractivity contribution is 0.318. The zero-order valence-electron chi connectivity index (χ0n) is 12.0. The first-order valence-electron chi connectivity index (χ1n) is 6.53. The number of rotatable bonds is 5. The highest BCUT2D eigenvalue weighted by Gasteiger charge is 2.06. The third-order valence-corrected chi connectivity index (χ3v) is 4.36. The SMILES string of the molecule is Cc1cc(CNCc2cc(F)cc(/C(N)=N/O)c2)sc1C. The molecule has 4 N–H and O–H groups in total. The highest BCUT2D eigenvalue weighted by atomic mass is 32.1. The van der Waals surface area contributed by atoms with Crippen molar-refractivity contribution in [2.75, 3.05) is 0 Å². The topological polar surface area (TPSA) is 70.6 Å². The maximum atomic E-state index is 13.5. The quantitative estimate of drug-likeness (QED) is 0.344. The molecule has 0 radical (unpaired) electrons. The van der Waals surface area contributed by atoms with Gasteiger partial charge in [-0.3, -0.25) is 0 Å². The van der Waals surface area contributed by atoms with Gasteiger partial charge in [0.15, 0.2) is 5.84 Å². The second-order valence-electron chi connectivity index (χ2n) is 4.89. The van der Waals surface area contributed by atoms with Gasteiger partial charge >= 0.3 is 0 Å². The van der Waals surface area contributed by atoms with E-state index in [0.29, 0.717) is 12.1 Å². The molecule has 21 heavy (non-hydrogen) atoms. The molecule has 0 aliphatic carbocycles. The van der Waals surface area contributed by atoms with Crippen molar-refractivity contribution in [3.8, 4) is 0 Å². The lowest BCUT2D eigenvalue weighted by atomic mass is 10.1. The van der Waals surface area contributed by atoms with Crippen molar-refractivity contribution >= 4 is 17.2 Å². The van der Waals surface area contributed by atoms with Crippen molar-refractivity contribution in [2.24, 2.45) is 10.9 Å². The summed E-state index contributed by atoms with van der Waals surface area (Å²) >= 11 is 1.76. The largest absolute Gasteiger partial charge is 0.409 e. The molecule has 1 heterocycles. The number of nitrogens with two attached hydrogens (primary N) is 1. The number of amidine groups is 1. The lowest BCUT2D eigenvalue weighted by Gasteiger charge is -2.06. The molecule has 2 rings (SSSR count). The summed E-state index contributed by atoms with van der Waals surface area (Å²) < 4.78 is 13.5. The van der Waals surface area contributed by atoms with Crippen LogP contribution in [0, 0.1) is 19.7 Å². The van der Waals surface area contributed by atoms with E-state index in [-0.39, 0.29) is 5.84 Å². The maximum absolute atomic E-state index is 13.5. The average molecular weight is 307 g/mol. The first-order valence-corrected chi connectivity index (χ1v) is 7.35. The minimum absolute atomic E-state index is 0.0970. The van der Waals surface area contributed by atoms with E-state index in [1.165, 1.54) is 27.5 Å². The number of halogens is 1. The Kier molecular flexibility index (Phi) is 4.93. The maximum Gasteiger partial charge on any atom is 0.170 e. The number of nitrogens with zero attached hydrogens (tertiary/aromatic N) is 1. The molecule has 1 aromatic heterocycles. The summed E-state index contributed by atoms with van der Waals surface area (Å²) in [5.74, 6) is -0.501. The van der Waals surface area contributed by atoms with E-state index < -0.39 is 5.82 Å². The third-order valence-electron chi connectivity index (χ3n) is 3.21. The zero-order chi connectivity index (χ0) is 15.4. The lowest BCUT2D eigenvalue weighted by Crippen LogP contribution is -2.16. The van der Waals surface area contributed by atoms with Gasteiger partial charge in [-0.1, -0.05) is 5.16 Å². The second-order valence-corrected chi connectivity index (χ2v) is 6.23. The highest BCUT2D eigenvalue weighted by Crippen LogP contribution is 2.20. The fourth-order valence-corrected chi connectivity index (χ4v) is 3.05. The van der Waals surface area contributed by atoms with Crippen LogP contribution in [0.4, 0.5) is 4.39 Å². The second kappa shape index (κ2) is 6.69. The van der Waals surface area contributed by atoms with Crippen molar-refractivity contribution in [3.63, 3.8) is 0 Å². The molecule has 6 heteroatoms. The average Bonchev–Trinajstić information content (AvgIpc) is 2.76. The van der Waals surface area contributed by atoms with Gasteiger partial charge in [-0.15, -0.1) is 11.3 Å². The predicted molar refractivity (Wildman–Crippen MR) is 83.2 cm³/mol. The highest BCUT2D eigenvalue weighted by molar-refractivity contribution is 7.12. The van der Waals surface area contributed by atoms with Gasteiger partial charge in [0.25, 0.3) is 0 Å². The van der Waals surface area contributed by atoms with Gasteiger partial charge in [-0.25, -0.2) is 4.39 Å². The number of oxime groups is 1. The van der Waals surface area contributed by atoms with Crippen LogP contribution in [0.25, 0.3) is 0 Å². The molecular weight excluding hydrogens is 289 g/mol. The van der Waals surface area contributed by atoms with Crippen LogP contribution >= 0.6 is 11.3 Å². The summed E-state index contributed by atoms with van der Waals surface area (Å²) in [6.07, 6.45) is 0. The summed E-state index contributed by atoms with van der Waals surface area (Å²) in [5.41, 5.74) is 7.90. The Morgan fingerprint density at radius 1 is 1.29 bits per heavy atom. The van der Waals surface area contributed by atoms with Gasteiger partial charge < -0.3 is 16.3 Å². The van der Waals surface area contributed by atoms with Crippen molar-refractivity contribution in [1.82, 2.24) is 5.32 Å². The fourth-order valence-electron chi connectivity index (χ4n) is 2.02. The fraction of sp³-hybridized carbons (Fsp3) is 0.267. The molecule has 0 aliphatic heterocycles. The van der Waals surface area contributed by atoms with Crippen LogP contribution in [0.3, 0.4) is 0 Å². The Bertz CT molecular complexity index is 647. The van der Waals surface area contributed by atoms with Gasteiger partial charge in [0, 0.05) is 28.4 Å². The van der Waals surface area contributed by atoms with Gasteiger partial charge in [0.1, 0.15) is 5.82 Å². The number of hydrogen-bond donors (Lipinski definition) is 3. The minimum atomic E-state index is -0.404. The molecule has 2 aromatic rings. The summed E-state index contributed by atoms with van der Waals surface area (Å²) in [5, 5.41) is 14.8. The number of benzene rings is 1. The molecule has 0 saturated carbocycles. The first kappa shape index (κ1) is 15.5. The molecule has 0 saturated heterocycles. The molecule has 112 valence electrons. The molecule has 0 amide bonds. The van der Waals surface area contributed by atoms with E-state index in [9.17, 15) is 4.39 Å². The monoisotopic (exact) mass is 307 g/mol. The molecule has 0 bridgehead atoms. The Morgan fingerprint density at radius 3 is 2.67 bits per heavy atom. The molecule has 0 spiro atoms. The Labute approximate surface area is 127 Å². The van der Waals surface area contributed by atoms with Crippen molar-refractivity contribution in [2.45, 2.75) is 26.9 Å². The van der Waals surface area contributed by atoms with Crippen LogP contribution < -0.4 is 11.1 Å². The van der Waals surface area contributed by atoms with E-state index in [1.54, 1.807) is 17.4 Å². The summed E-state index contributed by atoms with van der Waals surface area (Å²) in [6.45, 7) is 5.43. The van der Waals surface area contributed by atoms with E-state index in [0.717, 1.165) is 12.1 Å². The predicted octanol–water partition coefficient (Wildman–Crippen LogP) is 2.89. The van der Waals surface area contributed by atoms with E-state index in [2.05, 4.69) is 30.4 Å². The van der Waals surface area contributed by atoms with Crippen LogP contribution in [0.15, 0.2) is 29.4 Å². The van der Waals surface area contributed by atoms with Gasteiger partial charge in [-0.2, -0.15) is 0 Å². The smallest absolute Gasteiger partial charge is 0.170 e. The van der Waals surface area contributed by atoms with Crippen LogP contribution in [-0.2, 0) is 13.1 Å². The molecule has 1 aromatic carbocycles. The number of nitrogens with one attached hydrogen (secondary N) is 1. The number of aryl methyl sites for hydroxylation is 2. The van der Waals surface area contributed by atoms with Gasteiger partial charge in [-0.05, 0) is 49.2 Å². The number of hydrogen-bond acceptors (Lipinski definition) is 4. The molecule has 0 fully saturated rings. The normalized spacial score (nSPS) is 11.9. The zero-order valence-corrected chi connectivity index (χ0v) is 12.8. The molecule has 0 atom stereocenters. The molecule has 4 nitrogen and oxygen atoms in total. The molecular formula is C15H18FN3OS. The van der Waals surface area contributed by atoms with Gasteiger partial charge in [0.05, 0.1) is 0 Å². The standard InChI is InChI=1S/C15H18FN3OS/c1-9-3-14(21-10(9)2)8-18-7-11-4-12(15(17)19-20)6-13(16)5-11/h3-6,18,20H,7-8H2,1-2H3,(H2,17,19). The first-order chi connectivity index (χ1) is 9.99. The summed E-state index contributed by atoms with van der Waals surface area (Å²) in [6, 6.07) is 6.53. The number of thiophene rings is 1. The van der Waals surface area contributed by atoms with E-state index >= 15 is 0 Å². The van der Waals surface area contributed by atoms with E-state index in [4.69, 9.17) is 10.9 Å². The van der Waals surface area contributed by atoms with Crippen LogP contribution in [0.5, 0.6) is 0 Å². The van der Waals surface area contributed by atoms with Crippen molar-refractivity contribution < 1.29 is 9.60 Å². The van der Waals surface area contributed by atoms with Crippen LogP contribution in [0.1, 0.15) is 26.4 Å². The Balaban J connectivity index is 2.01. The Morgan fingerprint density at radius 2 is 2.05 bits per heavy atom. The Hall–Kier alpha value is -1.92. The van der Waals surface area contributed by atoms with Crippen LogP contribution in [0.2, 0.25) is 0 Å². The summed E-state index contributed by atoms with van der Waals surface area (Å²) in [4.78, 5) is 2.56. The molecule has 0 unspecified atom stereocenters. The molecule has 0 aliphatic rings. The minimum Gasteiger partial charge on any atom is -0.409 e. The third kappa shape index (κ3) is 4.03. The van der Waals surface area contributed by atoms with Crippen LogP contribution in [-0.4, -0.2) is 11.0 Å². The van der Waals surface area contributed by atoms with Gasteiger partial charge in [0.2, 0.25) is 0 Å². The van der Waals surface area contributed by atoms with Crippen molar-refractivity contribution in [1.29, 1.82) is 0 Å². The summed E-state index contributed by atoms with van der Waals surface area (Å²) in [7, 11) is 0. The van der Waals surface area contributed by atoms with E-state index in [1.807, 2.05) is 0 Å². The van der Waals surface area contributed by atoms with Crippen molar-refractivity contribution in [3.05, 3.63) is 56.5 Å².